The molecule has 0 spiro atoms. The van der Waals surface area contributed by atoms with Crippen LogP contribution in [0.5, 0.6) is 11.5 Å². The molecule has 270 valence electrons. The van der Waals surface area contributed by atoms with Crippen LogP contribution in [0.4, 0.5) is 26.3 Å². The van der Waals surface area contributed by atoms with Gasteiger partial charge in [0.05, 0.1) is 11.1 Å². The van der Waals surface area contributed by atoms with E-state index in [4.69, 9.17) is 10.2 Å². The first kappa shape index (κ1) is 46.5. The van der Waals surface area contributed by atoms with Crippen molar-refractivity contribution in [2.75, 3.05) is 0 Å². The molecule has 2 aliphatic rings. The molecular formula is C40H52F6O2Zr. The van der Waals surface area contributed by atoms with Crippen LogP contribution in [-0.4, -0.2) is 10.2 Å². The summed E-state index contributed by atoms with van der Waals surface area (Å²) in [5.74, 6) is -0.337. The van der Waals surface area contributed by atoms with Crippen molar-refractivity contribution in [1.82, 2.24) is 0 Å². The molecule has 2 nitrogen and oxygen atoms in total. The summed E-state index contributed by atoms with van der Waals surface area (Å²) in [5, 5.41) is 17.3. The predicted molar refractivity (Wildman–Crippen MR) is 183 cm³/mol. The number of halogens is 6. The topological polar surface area (TPSA) is 40.5 Å². The summed E-state index contributed by atoms with van der Waals surface area (Å²) >= 11 is 0. The third-order valence-corrected chi connectivity index (χ3v) is 7.41. The van der Waals surface area contributed by atoms with E-state index in [1.165, 1.54) is 22.3 Å². The summed E-state index contributed by atoms with van der Waals surface area (Å²) < 4.78 is 71.0. The van der Waals surface area contributed by atoms with Crippen molar-refractivity contribution in [3.63, 3.8) is 0 Å². The van der Waals surface area contributed by atoms with Gasteiger partial charge in [-0.3, -0.25) is 0 Å². The van der Waals surface area contributed by atoms with Gasteiger partial charge in [0.2, 0.25) is 0 Å². The minimum absolute atomic E-state index is 0. The number of allylic oxidation sites excluding steroid dienone is 8. The van der Waals surface area contributed by atoms with Gasteiger partial charge in [0.25, 0.3) is 0 Å². The quantitative estimate of drug-likeness (QED) is 0.207. The van der Waals surface area contributed by atoms with Gasteiger partial charge in [-0.25, -0.2) is 35.5 Å². The van der Waals surface area contributed by atoms with Crippen LogP contribution >= 0.6 is 0 Å². The maximum Gasteiger partial charge on any atom is 2.00 e. The summed E-state index contributed by atoms with van der Waals surface area (Å²) in [6.07, 6.45) is 5.27. The molecular weight excluding hydrogens is 718 g/mol. The maximum atomic E-state index is 11.8. The molecule has 0 heterocycles. The average molecular weight is 770 g/mol. The van der Waals surface area contributed by atoms with Crippen molar-refractivity contribution in [3.05, 3.63) is 106 Å². The van der Waals surface area contributed by atoms with Gasteiger partial charge < -0.3 is 10.2 Å². The van der Waals surface area contributed by atoms with Crippen molar-refractivity contribution in [3.8, 4) is 11.5 Å². The summed E-state index contributed by atoms with van der Waals surface area (Å²) in [4.78, 5) is 0. The Morgan fingerprint density at radius 1 is 0.449 bits per heavy atom. The summed E-state index contributed by atoms with van der Waals surface area (Å²) in [7, 11) is 0. The molecule has 0 amide bonds. The molecule has 0 saturated carbocycles. The smallest absolute Gasteiger partial charge is 0.508 e. The second-order valence-electron chi connectivity index (χ2n) is 15.9. The van der Waals surface area contributed by atoms with Crippen LogP contribution < -0.4 is 0 Å². The van der Waals surface area contributed by atoms with Crippen LogP contribution in [0.15, 0.2) is 83.0 Å². The van der Waals surface area contributed by atoms with E-state index in [2.05, 4.69) is 107 Å². The molecule has 2 aromatic carbocycles. The molecule has 0 saturated heterocycles. The Bertz CT molecular complexity index is 1330. The first-order valence-electron chi connectivity index (χ1n) is 15.8. The van der Waals surface area contributed by atoms with E-state index >= 15 is 0 Å². The second-order valence-corrected chi connectivity index (χ2v) is 15.9. The van der Waals surface area contributed by atoms with Crippen molar-refractivity contribution < 1.29 is 62.8 Å². The monoisotopic (exact) mass is 768 g/mol. The van der Waals surface area contributed by atoms with Gasteiger partial charge >= 0.3 is 38.6 Å². The Kier molecular flexibility index (Phi) is 16.7. The third kappa shape index (κ3) is 16.8. The van der Waals surface area contributed by atoms with Gasteiger partial charge in [0.1, 0.15) is 11.5 Å². The number of hydrogen-bond acceptors (Lipinski definition) is 2. The molecule has 49 heavy (non-hydrogen) atoms. The Labute approximate surface area is 309 Å². The van der Waals surface area contributed by atoms with Crippen LogP contribution in [-0.2, 0) is 38.6 Å². The first-order chi connectivity index (χ1) is 21.4. The zero-order valence-corrected chi connectivity index (χ0v) is 33.3. The minimum atomic E-state index is -4.33. The third-order valence-electron chi connectivity index (χ3n) is 7.41. The van der Waals surface area contributed by atoms with Crippen molar-refractivity contribution in [2.24, 2.45) is 21.7 Å². The van der Waals surface area contributed by atoms with Gasteiger partial charge in [-0.2, -0.15) is 37.5 Å². The fourth-order valence-electron chi connectivity index (χ4n) is 4.21. The van der Waals surface area contributed by atoms with Gasteiger partial charge in [0.15, 0.2) is 0 Å². The van der Waals surface area contributed by atoms with Gasteiger partial charge in [-0.05, 0) is 70.2 Å². The van der Waals surface area contributed by atoms with E-state index < -0.39 is 23.5 Å². The average Bonchev–Trinajstić information content (AvgIpc) is 3.60. The normalized spacial score (nSPS) is 15.1. The van der Waals surface area contributed by atoms with Crippen LogP contribution in [0.25, 0.3) is 0 Å². The fraction of sp³-hybridized carbons (Fsp3) is 0.500. The molecule has 0 radical (unpaired) electrons. The molecule has 0 fully saturated rings. The molecule has 0 aliphatic heterocycles. The van der Waals surface area contributed by atoms with Crippen molar-refractivity contribution in [1.29, 1.82) is 0 Å². The van der Waals surface area contributed by atoms with E-state index in [1.54, 1.807) is 0 Å². The number of alkyl halides is 6. The van der Waals surface area contributed by atoms with Gasteiger partial charge in [-0.15, -0.1) is 0 Å². The number of phenolic OH excluding ortho intramolecular Hbond substituents is 2. The standard InChI is InChI=1S/2C13H21.2C7H5F3O.Zr/c2*1-12(2,3)10-7-8-11(9-10)13(4,5)6;2*8-7(9,10)5-1-3-6(11)4-2-5;/h2*7H,8H2,1-6H3;2*1-4,11H;/q2*-1;;;+2. The maximum absolute atomic E-state index is 11.8. The number of hydrogen-bond donors (Lipinski definition) is 2. The summed E-state index contributed by atoms with van der Waals surface area (Å²) in [6, 6.07) is 7.33. The Morgan fingerprint density at radius 3 is 0.837 bits per heavy atom. The van der Waals surface area contributed by atoms with Crippen LogP contribution in [0.1, 0.15) is 107 Å². The second kappa shape index (κ2) is 17.6. The molecule has 9 heteroatoms. The summed E-state index contributed by atoms with van der Waals surface area (Å²) in [5.41, 5.74) is 5.20. The number of phenols is 2. The first-order valence-corrected chi connectivity index (χ1v) is 15.8. The van der Waals surface area contributed by atoms with Crippen molar-refractivity contribution >= 4 is 0 Å². The SMILES string of the molecule is CC(C)(C)C1=[C-]C(C(C)(C)C)=CC1.CC(C)(C)C1=[C-]C(C(C)(C)C)=CC1.Oc1ccc(C(F)(F)F)cc1.Oc1ccc(C(F)(F)F)cc1.[Zr+2]. The Balaban J connectivity index is 0.000000625. The van der Waals surface area contributed by atoms with E-state index in [0.717, 1.165) is 61.4 Å². The van der Waals surface area contributed by atoms with E-state index in [-0.39, 0.29) is 59.4 Å². The van der Waals surface area contributed by atoms with Crippen LogP contribution in [0.3, 0.4) is 0 Å². The van der Waals surface area contributed by atoms with Gasteiger partial charge in [0, 0.05) is 0 Å². The predicted octanol–water partition coefficient (Wildman–Crippen LogP) is 13.1. The zero-order valence-electron chi connectivity index (χ0n) is 30.8. The van der Waals surface area contributed by atoms with Crippen LogP contribution in [0, 0.1) is 33.8 Å². The van der Waals surface area contributed by atoms with E-state index in [1.807, 2.05) is 0 Å². The molecule has 0 unspecified atom stereocenters. The Hall–Kier alpha value is -2.54. The molecule has 2 N–H and O–H groups in total. The van der Waals surface area contributed by atoms with E-state index in [9.17, 15) is 26.3 Å². The zero-order chi connectivity index (χ0) is 37.5. The van der Waals surface area contributed by atoms with Gasteiger partial charge in [-0.1, -0.05) is 95.9 Å². The fourth-order valence-corrected chi connectivity index (χ4v) is 4.21. The minimum Gasteiger partial charge on any atom is -0.508 e. The molecule has 0 atom stereocenters. The molecule has 2 aliphatic carbocycles. The Morgan fingerprint density at radius 2 is 0.694 bits per heavy atom. The number of rotatable bonds is 0. The summed E-state index contributed by atoms with van der Waals surface area (Å²) in [6.45, 7) is 27.0. The molecule has 2 aromatic rings. The number of benzene rings is 2. The van der Waals surface area contributed by atoms with Crippen molar-refractivity contribution in [2.45, 2.75) is 108 Å². The van der Waals surface area contributed by atoms with E-state index in [0.29, 0.717) is 0 Å². The molecule has 0 aromatic heterocycles. The number of aromatic hydroxyl groups is 2. The molecule has 4 rings (SSSR count). The molecule has 0 bridgehead atoms. The van der Waals surface area contributed by atoms with Crippen LogP contribution in [0.2, 0.25) is 0 Å². The largest absolute Gasteiger partial charge is 2.00 e.